The van der Waals surface area contributed by atoms with Gasteiger partial charge in [-0.05, 0) is 39.5 Å². The summed E-state index contributed by atoms with van der Waals surface area (Å²) in [6.07, 6.45) is 1.78. The van der Waals surface area contributed by atoms with E-state index in [1.165, 1.54) is 5.56 Å². The van der Waals surface area contributed by atoms with Crippen molar-refractivity contribution in [2.75, 3.05) is 26.9 Å². The third-order valence-corrected chi connectivity index (χ3v) is 6.21. The SMILES string of the molecule is CC(C)C[C@H](NC(=O)CNC=O)C(=O)[C@@]1(C)CO1.COCC[C@@H](C)NC(=O)c1cc(C(C)C)on1.Cc1ccccc1. The van der Waals surface area contributed by atoms with Gasteiger partial charge in [-0.3, -0.25) is 19.2 Å². The number of amides is 3. The smallest absolute Gasteiger partial charge is 0.273 e. The molecule has 3 atom stereocenters. The van der Waals surface area contributed by atoms with Crippen LogP contribution >= 0.6 is 0 Å². The third-order valence-electron chi connectivity index (χ3n) is 6.21. The number of epoxide rings is 1. The van der Waals surface area contributed by atoms with Gasteiger partial charge in [-0.1, -0.05) is 68.7 Å². The Morgan fingerprint density at radius 2 is 1.74 bits per heavy atom. The number of nitrogens with zero attached hydrogens (tertiary/aromatic N) is 1. The van der Waals surface area contributed by atoms with Crippen molar-refractivity contribution in [2.45, 2.75) is 84.9 Å². The molecule has 234 valence electrons. The van der Waals surface area contributed by atoms with E-state index >= 15 is 0 Å². The zero-order valence-electron chi connectivity index (χ0n) is 26.2. The Labute approximate surface area is 249 Å². The van der Waals surface area contributed by atoms with Crippen molar-refractivity contribution in [3.05, 3.63) is 53.4 Å². The minimum absolute atomic E-state index is 0.0571. The Balaban J connectivity index is 0.000000342. The number of hydrogen-bond donors (Lipinski definition) is 3. The molecule has 0 radical (unpaired) electrons. The fourth-order valence-corrected chi connectivity index (χ4v) is 3.57. The van der Waals surface area contributed by atoms with E-state index < -0.39 is 11.6 Å². The van der Waals surface area contributed by atoms with Crippen LogP contribution in [0.25, 0.3) is 0 Å². The van der Waals surface area contributed by atoms with Gasteiger partial charge >= 0.3 is 0 Å². The lowest BCUT2D eigenvalue weighted by atomic mass is 9.93. The van der Waals surface area contributed by atoms with Crippen LogP contribution in [0, 0.1) is 12.8 Å². The normalized spacial score (nSPS) is 16.6. The van der Waals surface area contributed by atoms with Crippen LogP contribution in [0.2, 0.25) is 0 Å². The third kappa shape index (κ3) is 14.4. The van der Waals surface area contributed by atoms with Gasteiger partial charge < -0.3 is 29.9 Å². The number of Topliss-reactive ketones (excluding diaryl/α,β-unsaturated/α-hetero) is 1. The topological polar surface area (TPSA) is 152 Å². The molecule has 1 aliphatic heterocycles. The predicted octanol–water partition coefficient (Wildman–Crippen LogP) is 3.57. The lowest BCUT2D eigenvalue weighted by Gasteiger charge is -2.21. The lowest BCUT2D eigenvalue weighted by molar-refractivity contribution is -0.130. The van der Waals surface area contributed by atoms with Gasteiger partial charge in [0.15, 0.2) is 11.5 Å². The summed E-state index contributed by atoms with van der Waals surface area (Å²) in [5.41, 5.74) is 0.908. The highest BCUT2D eigenvalue weighted by molar-refractivity contribution is 5.96. The van der Waals surface area contributed by atoms with Crippen LogP contribution in [0.3, 0.4) is 0 Å². The van der Waals surface area contributed by atoms with Crippen molar-refractivity contribution >= 4 is 24.0 Å². The van der Waals surface area contributed by atoms with Crippen LogP contribution in [-0.2, 0) is 23.9 Å². The van der Waals surface area contributed by atoms with E-state index in [-0.39, 0.29) is 42.0 Å². The van der Waals surface area contributed by atoms with Gasteiger partial charge in [0.2, 0.25) is 12.3 Å². The Hall–Kier alpha value is -3.57. The van der Waals surface area contributed by atoms with Gasteiger partial charge in [0.1, 0.15) is 11.4 Å². The monoisotopic (exact) mass is 588 g/mol. The maximum Gasteiger partial charge on any atom is 0.273 e. The molecule has 1 aliphatic rings. The molecule has 0 unspecified atom stereocenters. The number of ketones is 1. The summed E-state index contributed by atoms with van der Waals surface area (Å²) in [6, 6.07) is 11.4. The molecule has 1 fully saturated rings. The Morgan fingerprint density at radius 1 is 1.10 bits per heavy atom. The summed E-state index contributed by atoms with van der Waals surface area (Å²) in [5.74, 6) is 0.556. The molecule has 0 bridgehead atoms. The van der Waals surface area contributed by atoms with Gasteiger partial charge in [-0.2, -0.15) is 0 Å². The fourth-order valence-electron chi connectivity index (χ4n) is 3.57. The summed E-state index contributed by atoms with van der Waals surface area (Å²) in [7, 11) is 1.64. The Morgan fingerprint density at radius 3 is 2.19 bits per heavy atom. The van der Waals surface area contributed by atoms with E-state index in [0.717, 1.165) is 12.2 Å². The zero-order chi connectivity index (χ0) is 31.7. The minimum atomic E-state index is -0.745. The summed E-state index contributed by atoms with van der Waals surface area (Å²) < 4.78 is 15.1. The van der Waals surface area contributed by atoms with Gasteiger partial charge in [-0.15, -0.1) is 0 Å². The number of rotatable bonds is 14. The zero-order valence-corrected chi connectivity index (χ0v) is 26.2. The van der Waals surface area contributed by atoms with Gasteiger partial charge in [0, 0.05) is 31.7 Å². The molecule has 0 aliphatic carbocycles. The lowest BCUT2D eigenvalue weighted by Crippen LogP contribution is -2.48. The quantitative estimate of drug-likeness (QED) is 0.224. The van der Waals surface area contributed by atoms with E-state index in [4.69, 9.17) is 14.0 Å². The number of hydrogen-bond acceptors (Lipinski definition) is 8. The van der Waals surface area contributed by atoms with Crippen LogP contribution in [0.4, 0.5) is 0 Å². The molecule has 11 nitrogen and oxygen atoms in total. The molecule has 3 rings (SSSR count). The van der Waals surface area contributed by atoms with Crippen molar-refractivity contribution in [2.24, 2.45) is 5.92 Å². The van der Waals surface area contributed by atoms with E-state index in [2.05, 4.69) is 40.2 Å². The number of benzene rings is 1. The number of nitrogens with one attached hydrogen (secondary N) is 3. The molecule has 2 aromatic rings. The number of carbonyl (C=O) groups is 4. The van der Waals surface area contributed by atoms with Gasteiger partial charge in [-0.25, -0.2) is 0 Å². The molecule has 11 heteroatoms. The van der Waals surface area contributed by atoms with Crippen LogP contribution in [0.1, 0.15) is 82.1 Å². The second-order valence-electron chi connectivity index (χ2n) is 11.2. The number of methoxy groups -OCH3 is 1. The average molecular weight is 589 g/mol. The fraction of sp³-hybridized carbons (Fsp3) is 0.581. The second-order valence-corrected chi connectivity index (χ2v) is 11.2. The summed E-state index contributed by atoms with van der Waals surface area (Å²) in [6.45, 7) is 14.6. The first-order chi connectivity index (χ1) is 19.8. The van der Waals surface area contributed by atoms with Gasteiger partial charge in [0.05, 0.1) is 19.2 Å². The molecule has 2 heterocycles. The molecule has 0 saturated carbocycles. The van der Waals surface area contributed by atoms with Crippen LogP contribution in [0.15, 0.2) is 40.9 Å². The summed E-state index contributed by atoms with van der Waals surface area (Å²) in [5, 5.41) is 11.5. The molecule has 1 aromatic heterocycles. The largest absolute Gasteiger partial charge is 0.385 e. The molecule has 42 heavy (non-hydrogen) atoms. The highest BCUT2D eigenvalue weighted by Crippen LogP contribution is 2.29. The molecule has 1 saturated heterocycles. The first-order valence-electron chi connectivity index (χ1n) is 14.3. The second kappa shape index (κ2) is 18.8. The average Bonchev–Trinajstić information content (AvgIpc) is 3.48. The number of aryl methyl sites for hydroxylation is 1. The van der Waals surface area contributed by atoms with Crippen molar-refractivity contribution in [3.63, 3.8) is 0 Å². The molecular weight excluding hydrogens is 540 g/mol. The Bertz CT molecular complexity index is 1100. The first-order valence-corrected chi connectivity index (χ1v) is 14.3. The van der Waals surface area contributed by atoms with Crippen molar-refractivity contribution in [3.8, 4) is 0 Å². The maximum absolute atomic E-state index is 12.1. The minimum Gasteiger partial charge on any atom is -0.385 e. The molecule has 1 aromatic carbocycles. The highest BCUT2D eigenvalue weighted by atomic mass is 16.6. The van der Waals surface area contributed by atoms with Crippen molar-refractivity contribution in [1.29, 1.82) is 0 Å². The molecule has 3 amide bonds. The summed E-state index contributed by atoms with van der Waals surface area (Å²) in [4.78, 5) is 45.5. The van der Waals surface area contributed by atoms with Crippen LogP contribution in [-0.4, -0.2) is 73.7 Å². The summed E-state index contributed by atoms with van der Waals surface area (Å²) >= 11 is 0. The first kappa shape index (κ1) is 36.5. The number of ether oxygens (including phenoxy) is 2. The standard InChI is InChI=1S/C12H20N2O4.C12H20N2O3.C7H8/c1-8(2)4-9(11(17)12(3)6-18-12)14-10(16)5-13-7-15;1-8(2)11-7-10(14-17-11)12(15)13-9(3)5-6-16-4;1-7-5-3-2-4-6-7/h7-9H,4-6H2,1-3H3,(H,13,15)(H,14,16);7-9H,5-6H2,1-4H3,(H,13,15);2-6H,1H3/t9-,12+;9-;/m01./s1. The highest BCUT2D eigenvalue weighted by Gasteiger charge is 2.50. The van der Waals surface area contributed by atoms with Gasteiger partial charge in [0.25, 0.3) is 5.91 Å². The molecule has 0 spiro atoms. The predicted molar refractivity (Wildman–Crippen MR) is 160 cm³/mol. The van der Waals surface area contributed by atoms with E-state index in [0.29, 0.717) is 31.7 Å². The van der Waals surface area contributed by atoms with E-state index in [9.17, 15) is 19.2 Å². The molecular formula is C31H48N4O7. The van der Waals surface area contributed by atoms with Crippen molar-refractivity contribution < 1.29 is 33.2 Å². The van der Waals surface area contributed by atoms with E-state index in [1.807, 2.05) is 52.8 Å². The van der Waals surface area contributed by atoms with Crippen molar-refractivity contribution in [1.82, 2.24) is 21.1 Å². The Kier molecular flexibility index (Phi) is 16.3. The van der Waals surface area contributed by atoms with E-state index in [1.54, 1.807) is 20.1 Å². The number of carbonyl (C=O) groups excluding carboxylic acids is 4. The maximum atomic E-state index is 12.1. The van der Waals surface area contributed by atoms with Crippen LogP contribution < -0.4 is 16.0 Å². The number of aromatic nitrogens is 1. The molecule has 3 N–H and O–H groups in total. The van der Waals surface area contributed by atoms with Crippen LogP contribution in [0.5, 0.6) is 0 Å².